The van der Waals surface area contributed by atoms with Crippen molar-refractivity contribution < 1.29 is 13.6 Å². The van der Waals surface area contributed by atoms with E-state index in [1.54, 1.807) is 6.92 Å². The van der Waals surface area contributed by atoms with Crippen molar-refractivity contribution in [2.45, 2.75) is 13.5 Å². The lowest BCUT2D eigenvalue weighted by molar-refractivity contribution is 0.0945. The first-order chi connectivity index (χ1) is 12.5. The average molecular weight is 354 g/mol. The van der Waals surface area contributed by atoms with E-state index < -0.39 is 11.6 Å². The SMILES string of the molecule is Cc1cc(C(=O)NCc2ccccc2)nc(Nc2ccc(F)cc2F)n1. The molecule has 1 aromatic heterocycles. The minimum absolute atomic E-state index is 0.0210. The van der Waals surface area contributed by atoms with E-state index in [0.29, 0.717) is 12.2 Å². The Kier molecular flexibility index (Phi) is 5.17. The van der Waals surface area contributed by atoms with E-state index in [0.717, 1.165) is 17.7 Å². The summed E-state index contributed by atoms with van der Waals surface area (Å²) in [6.07, 6.45) is 0. The Morgan fingerprint density at radius 2 is 1.81 bits per heavy atom. The van der Waals surface area contributed by atoms with Crippen LogP contribution in [0.4, 0.5) is 20.4 Å². The van der Waals surface area contributed by atoms with Crippen molar-refractivity contribution in [2.24, 2.45) is 0 Å². The number of nitrogens with one attached hydrogen (secondary N) is 2. The highest BCUT2D eigenvalue weighted by Crippen LogP contribution is 2.19. The Balaban J connectivity index is 1.75. The lowest BCUT2D eigenvalue weighted by Crippen LogP contribution is -2.24. The Morgan fingerprint density at radius 3 is 2.54 bits per heavy atom. The van der Waals surface area contributed by atoms with Crippen LogP contribution < -0.4 is 10.6 Å². The predicted octanol–water partition coefficient (Wildman–Crippen LogP) is 3.74. The number of benzene rings is 2. The lowest BCUT2D eigenvalue weighted by atomic mass is 10.2. The molecule has 0 aliphatic carbocycles. The first kappa shape index (κ1) is 17.5. The summed E-state index contributed by atoms with van der Waals surface area (Å²) in [7, 11) is 0. The molecule has 132 valence electrons. The largest absolute Gasteiger partial charge is 0.347 e. The van der Waals surface area contributed by atoms with Crippen LogP contribution in [0.2, 0.25) is 0 Å². The molecule has 1 amide bonds. The van der Waals surface area contributed by atoms with Crippen molar-refractivity contribution in [1.29, 1.82) is 0 Å². The third kappa shape index (κ3) is 4.38. The van der Waals surface area contributed by atoms with Crippen LogP contribution in [0.3, 0.4) is 0 Å². The second-order valence-corrected chi connectivity index (χ2v) is 5.64. The number of anilines is 2. The second kappa shape index (κ2) is 7.69. The number of rotatable bonds is 5. The topological polar surface area (TPSA) is 66.9 Å². The molecule has 26 heavy (non-hydrogen) atoms. The zero-order valence-corrected chi connectivity index (χ0v) is 14.0. The van der Waals surface area contributed by atoms with Crippen molar-refractivity contribution >= 4 is 17.5 Å². The molecular weight excluding hydrogens is 338 g/mol. The summed E-state index contributed by atoms with van der Waals surface area (Å²) in [4.78, 5) is 20.6. The summed E-state index contributed by atoms with van der Waals surface area (Å²) in [5.41, 5.74) is 1.67. The first-order valence-corrected chi connectivity index (χ1v) is 7.91. The molecule has 1 heterocycles. The number of halogens is 2. The summed E-state index contributed by atoms with van der Waals surface area (Å²) in [6, 6.07) is 14.1. The van der Waals surface area contributed by atoms with Gasteiger partial charge in [0.2, 0.25) is 5.95 Å². The number of hydrogen-bond donors (Lipinski definition) is 2. The van der Waals surface area contributed by atoms with Crippen LogP contribution in [0.1, 0.15) is 21.7 Å². The van der Waals surface area contributed by atoms with Crippen LogP contribution >= 0.6 is 0 Å². The molecule has 0 atom stereocenters. The molecule has 0 radical (unpaired) electrons. The molecule has 0 aliphatic rings. The van der Waals surface area contributed by atoms with Crippen molar-refractivity contribution in [2.75, 3.05) is 5.32 Å². The monoisotopic (exact) mass is 354 g/mol. The van der Waals surface area contributed by atoms with Crippen molar-refractivity contribution in [3.63, 3.8) is 0 Å². The van der Waals surface area contributed by atoms with Crippen molar-refractivity contribution in [1.82, 2.24) is 15.3 Å². The highest BCUT2D eigenvalue weighted by molar-refractivity contribution is 5.92. The molecule has 0 aliphatic heterocycles. The maximum Gasteiger partial charge on any atom is 0.270 e. The first-order valence-electron chi connectivity index (χ1n) is 7.91. The maximum absolute atomic E-state index is 13.8. The van der Waals surface area contributed by atoms with E-state index in [9.17, 15) is 13.6 Å². The number of amides is 1. The number of carbonyl (C=O) groups excluding carboxylic acids is 1. The third-order valence-corrected chi connectivity index (χ3v) is 3.56. The van der Waals surface area contributed by atoms with Crippen LogP contribution in [-0.2, 0) is 6.54 Å². The molecule has 7 heteroatoms. The Morgan fingerprint density at radius 1 is 1.04 bits per heavy atom. The summed E-state index contributed by atoms with van der Waals surface area (Å²) in [6.45, 7) is 2.06. The van der Waals surface area contributed by atoms with Gasteiger partial charge in [0, 0.05) is 18.3 Å². The third-order valence-electron chi connectivity index (χ3n) is 3.56. The molecule has 3 rings (SSSR count). The van der Waals surface area contributed by atoms with Gasteiger partial charge in [0.1, 0.15) is 17.3 Å². The standard InChI is InChI=1S/C19H16F2N4O/c1-12-9-17(18(26)22-11-13-5-3-2-4-6-13)25-19(23-12)24-16-8-7-14(20)10-15(16)21/h2-10H,11H2,1H3,(H,22,26)(H,23,24,25). The highest BCUT2D eigenvalue weighted by Gasteiger charge is 2.12. The summed E-state index contributed by atoms with van der Waals surface area (Å²) in [5.74, 6) is -1.77. The summed E-state index contributed by atoms with van der Waals surface area (Å²) in [5, 5.41) is 5.44. The number of carbonyl (C=O) groups is 1. The fourth-order valence-corrected chi connectivity index (χ4v) is 2.32. The van der Waals surface area contributed by atoms with Gasteiger partial charge in [0.15, 0.2) is 0 Å². The van der Waals surface area contributed by atoms with Crippen LogP contribution in [0.5, 0.6) is 0 Å². The van der Waals surface area contributed by atoms with Gasteiger partial charge in [-0.05, 0) is 30.7 Å². The number of nitrogens with zero attached hydrogens (tertiary/aromatic N) is 2. The van der Waals surface area contributed by atoms with Crippen molar-refractivity contribution in [3.05, 3.63) is 83.2 Å². The molecule has 2 N–H and O–H groups in total. The smallest absolute Gasteiger partial charge is 0.270 e. The molecule has 0 spiro atoms. The molecule has 0 saturated heterocycles. The second-order valence-electron chi connectivity index (χ2n) is 5.64. The minimum Gasteiger partial charge on any atom is -0.347 e. The molecule has 0 bridgehead atoms. The fraction of sp³-hybridized carbons (Fsp3) is 0.105. The molecule has 3 aromatic rings. The maximum atomic E-state index is 13.8. The van der Waals surface area contributed by atoms with Gasteiger partial charge in [-0.2, -0.15) is 0 Å². The van der Waals surface area contributed by atoms with Gasteiger partial charge in [-0.15, -0.1) is 0 Å². The fourth-order valence-electron chi connectivity index (χ4n) is 2.32. The summed E-state index contributed by atoms with van der Waals surface area (Å²) < 4.78 is 26.8. The molecule has 2 aromatic carbocycles. The molecule has 0 fully saturated rings. The van der Waals surface area contributed by atoms with Gasteiger partial charge in [-0.1, -0.05) is 30.3 Å². The van der Waals surface area contributed by atoms with E-state index in [1.165, 1.54) is 12.1 Å². The van der Waals surface area contributed by atoms with Crippen LogP contribution in [0.25, 0.3) is 0 Å². The Labute approximate surface area is 149 Å². The van der Waals surface area contributed by atoms with Crippen LogP contribution in [0.15, 0.2) is 54.6 Å². The van der Waals surface area contributed by atoms with E-state index >= 15 is 0 Å². The predicted molar refractivity (Wildman–Crippen MR) is 94.0 cm³/mol. The minimum atomic E-state index is -0.773. The Hall–Kier alpha value is -3.35. The normalized spacial score (nSPS) is 10.4. The number of aromatic nitrogens is 2. The van der Waals surface area contributed by atoms with E-state index in [2.05, 4.69) is 20.6 Å². The van der Waals surface area contributed by atoms with E-state index in [4.69, 9.17) is 0 Å². The van der Waals surface area contributed by atoms with E-state index in [-0.39, 0.29) is 23.2 Å². The zero-order chi connectivity index (χ0) is 18.5. The van der Waals surface area contributed by atoms with Gasteiger partial charge >= 0.3 is 0 Å². The summed E-state index contributed by atoms with van der Waals surface area (Å²) >= 11 is 0. The van der Waals surface area contributed by atoms with Gasteiger partial charge in [-0.25, -0.2) is 18.7 Å². The van der Waals surface area contributed by atoms with Crippen molar-refractivity contribution in [3.8, 4) is 0 Å². The Bertz CT molecular complexity index is 932. The number of hydrogen-bond acceptors (Lipinski definition) is 4. The lowest BCUT2D eigenvalue weighted by Gasteiger charge is -2.09. The average Bonchev–Trinajstić information content (AvgIpc) is 2.62. The number of aryl methyl sites for hydroxylation is 1. The molecule has 0 saturated carbocycles. The highest BCUT2D eigenvalue weighted by atomic mass is 19.1. The molecular formula is C19H16F2N4O. The quantitative estimate of drug-likeness (QED) is 0.733. The van der Waals surface area contributed by atoms with Gasteiger partial charge < -0.3 is 10.6 Å². The van der Waals surface area contributed by atoms with Crippen LogP contribution in [0, 0.1) is 18.6 Å². The van der Waals surface area contributed by atoms with Gasteiger partial charge in [-0.3, -0.25) is 4.79 Å². The van der Waals surface area contributed by atoms with Gasteiger partial charge in [0.25, 0.3) is 5.91 Å². The van der Waals surface area contributed by atoms with Gasteiger partial charge in [0.05, 0.1) is 5.69 Å². The van der Waals surface area contributed by atoms with E-state index in [1.807, 2.05) is 30.3 Å². The van der Waals surface area contributed by atoms with Crippen LogP contribution in [-0.4, -0.2) is 15.9 Å². The zero-order valence-electron chi connectivity index (χ0n) is 14.0. The molecule has 5 nitrogen and oxygen atoms in total. The molecule has 0 unspecified atom stereocenters.